The summed E-state index contributed by atoms with van der Waals surface area (Å²) in [6.45, 7) is 11.3. The molecule has 2 amide bonds. The van der Waals surface area contributed by atoms with Crippen molar-refractivity contribution in [1.82, 2.24) is 14.7 Å². The predicted octanol–water partition coefficient (Wildman–Crippen LogP) is 3.33. The smallest absolute Gasteiger partial charge is 0.322 e. The highest BCUT2D eigenvalue weighted by atomic mass is 16.5. The molecule has 0 radical (unpaired) electrons. The van der Waals surface area contributed by atoms with E-state index in [1.807, 2.05) is 23.4 Å². The zero-order valence-electron chi connectivity index (χ0n) is 14.9. The second kappa shape index (κ2) is 8.34. The molecule has 23 heavy (non-hydrogen) atoms. The number of urea groups is 1. The Hall–Kier alpha value is -1.56. The SMILES string of the molecule is CCCOC1CCCN(C(=O)Nc2c(C)nn(CCC)c2C)C1. The van der Waals surface area contributed by atoms with E-state index < -0.39 is 0 Å². The number of ether oxygens (including phenoxy) is 1. The molecule has 0 aliphatic carbocycles. The molecule has 0 aromatic carbocycles. The van der Waals surface area contributed by atoms with E-state index in [-0.39, 0.29) is 12.1 Å². The van der Waals surface area contributed by atoms with Crippen LogP contribution in [0.1, 0.15) is 50.9 Å². The van der Waals surface area contributed by atoms with Crippen LogP contribution >= 0.6 is 0 Å². The first-order valence-corrected chi connectivity index (χ1v) is 8.78. The van der Waals surface area contributed by atoms with E-state index in [1.165, 1.54) is 0 Å². The van der Waals surface area contributed by atoms with Gasteiger partial charge in [0.1, 0.15) is 0 Å². The molecule has 6 nitrogen and oxygen atoms in total. The van der Waals surface area contributed by atoms with E-state index in [9.17, 15) is 4.79 Å². The van der Waals surface area contributed by atoms with E-state index in [0.29, 0.717) is 6.54 Å². The molecule has 2 rings (SSSR count). The summed E-state index contributed by atoms with van der Waals surface area (Å²) in [5.74, 6) is 0. The number of hydrogen-bond donors (Lipinski definition) is 1. The van der Waals surface area contributed by atoms with Crippen molar-refractivity contribution in [2.24, 2.45) is 0 Å². The Kier molecular flexibility index (Phi) is 6.45. The maximum Gasteiger partial charge on any atom is 0.322 e. The number of aryl methyl sites for hydroxylation is 2. The summed E-state index contributed by atoms with van der Waals surface area (Å²) in [6, 6.07) is -0.0444. The number of nitrogens with one attached hydrogen (secondary N) is 1. The van der Waals surface area contributed by atoms with E-state index >= 15 is 0 Å². The summed E-state index contributed by atoms with van der Waals surface area (Å²) >= 11 is 0. The second-order valence-corrected chi connectivity index (χ2v) is 6.28. The first-order chi connectivity index (χ1) is 11.1. The van der Waals surface area contributed by atoms with Crippen molar-refractivity contribution in [2.45, 2.75) is 66.0 Å². The Bertz CT molecular complexity index is 527. The Morgan fingerprint density at radius 2 is 2.13 bits per heavy atom. The third-order valence-electron chi connectivity index (χ3n) is 4.27. The van der Waals surface area contributed by atoms with Crippen LogP contribution in [-0.2, 0) is 11.3 Å². The van der Waals surface area contributed by atoms with Crippen molar-refractivity contribution in [3.63, 3.8) is 0 Å². The van der Waals surface area contributed by atoms with Crippen molar-refractivity contribution < 1.29 is 9.53 Å². The van der Waals surface area contributed by atoms with Gasteiger partial charge in [-0.05, 0) is 39.5 Å². The molecular weight excluding hydrogens is 292 g/mol. The minimum absolute atomic E-state index is 0.0444. The van der Waals surface area contributed by atoms with Gasteiger partial charge in [0, 0.05) is 26.2 Å². The van der Waals surface area contributed by atoms with Crippen LogP contribution in [0.15, 0.2) is 0 Å². The molecule has 1 aliphatic heterocycles. The van der Waals surface area contributed by atoms with Crippen LogP contribution in [0, 0.1) is 13.8 Å². The number of carbonyl (C=O) groups excluding carboxylic acids is 1. The third-order valence-corrected chi connectivity index (χ3v) is 4.27. The summed E-state index contributed by atoms with van der Waals surface area (Å²) < 4.78 is 7.77. The Morgan fingerprint density at radius 3 is 2.83 bits per heavy atom. The van der Waals surface area contributed by atoms with Gasteiger partial charge in [-0.2, -0.15) is 5.10 Å². The highest BCUT2D eigenvalue weighted by Gasteiger charge is 2.25. The average molecular weight is 322 g/mol. The fourth-order valence-corrected chi connectivity index (χ4v) is 3.04. The molecule has 1 aromatic heterocycles. The van der Waals surface area contributed by atoms with Gasteiger partial charge >= 0.3 is 6.03 Å². The highest BCUT2D eigenvalue weighted by molar-refractivity contribution is 5.90. The lowest BCUT2D eigenvalue weighted by molar-refractivity contribution is 0.0115. The number of hydrogen-bond acceptors (Lipinski definition) is 3. The molecule has 1 aliphatic rings. The molecule has 1 saturated heterocycles. The van der Waals surface area contributed by atoms with Crippen LogP contribution in [0.25, 0.3) is 0 Å². The highest BCUT2D eigenvalue weighted by Crippen LogP contribution is 2.21. The molecule has 0 saturated carbocycles. The molecule has 6 heteroatoms. The second-order valence-electron chi connectivity index (χ2n) is 6.28. The fraction of sp³-hybridized carbons (Fsp3) is 0.765. The number of rotatable bonds is 6. The van der Waals surface area contributed by atoms with Gasteiger partial charge in [-0.1, -0.05) is 13.8 Å². The summed E-state index contributed by atoms with van der Waals surface area (Å²) in [5.41, 5.74) is 2.74. The van der Waals surface area contributed by atoms with Gasteiger partial charge in [0.05, 0.1) is 23.2 Å². The number of piperidine rings is 1. The molecule has 0 bridgehead atoms. The van der Waals surface area contributed by atoms with Crippen molar-refractivity contribution in [3.8, 4) is 0 Å². The van der Waals surface area contributed by atoms with Crippen molar-refractivity contribution in [1.29, 1.82) is 0 Å². The van der Waals surface area contributed by atoms with Gasteiger partial charge in [-0.25, -0.2) is 4.79 Å². The van der Waals surface area contributed by atoms with Crippen molar-refractivity contribution in [2.75, 3.05) is 25.0 Å². The van der Waals surface area contributed by atoms with Gasteiger partial charge in [0.25, 0.3) is 0 Å². The van der Waals surface area contributed by atoms with Crippen LogP contribution in [0.4, 0.5) is 10.5 Å². The Balaban J connectivity index is 1.98. The summed E-state index contributed by atoms with van der Waals surface area (Å²) in [7, 11) is 0. The lowest BCUT2D eigenvalue weighted by Gasteiger charge is -2.32. The Morgan fingerprint density at radius 1 is 1.35 bits per heavy atom. The van der Waals surface area contributed by atoms with E-state index in [2.05, 4.69) is 24.3 Å². The minimum Gasteiger partial charge on any atom is -0.376 e. The molecule has 1 fully saturated rings. The molecule has 0 spiro atoms. The molecule has 1 N–H and O–H groups in total. The molecule has 130 valence electrons. The van der Waals surface area contributed by atoms with Gasteiger partial charge in [-0.3, -0.25) is 4.68 Å². The number of amides is 2. The van der Waals surface area contributed by atoms with Crippen molar-refractivity contribution >= 4 is 11.7 Å². The van der Waals surface area contributed by atoms with Crippen LogP contribution in [-0.4, -0.2) is 46.5 Å². The standard InChI is InChI=1S/C17H30N4O2/c1-5-9-21-14(4)16(13(3)19-21)18-17(22)20-10-7-8-15(12-20)23-11-6-2/h15H,5-12H2,1-4H3,(H,18,22). The predicted molar refractivity (Wildman–Crippen MR) is 91.8 cm³/mol. The zero-order chi connectivity index (χ0) is 16.8. The van der Waals surface area contributed by atoms with Crippen LogP contribution in [0.3, 0.4) is 0 Å². The number of likely N-dealkylation sites (tertiary alicyclic amines) is 1. The lowest BCUT2D eigenvalue weighted by atomic mass is 10.1. The number of anilines is 1. The summed E-state index contributed by atoms with van der Waals surface area (Å²) in [4.78, 5) is 14.4. The maximum atomic E-state index is 12.6. The van der Waals surface area contributed by atoms with E-state index in [4.69, 9.17) is 4.74 Å². The summed E-state index contributed by atoms with van der Waals surface area (Å²) in [5, 5.41) is 7.56. The quantitative estimate of drug-likeness (QED) is 0.874. The third kappa shape index (κ3) is 4.47. The molecule has 1 aromatic rings. The van der Waals surface area contributed by atoms with E-state index in [0.717, 1.165) is 62.5 Å². The fourth-order valence-electron chi connectivity index (χ4n) is 3.04. The number of nitrogens with zero attached hydrogens (tertiary/aromatic N) is 3. The van der Waals surface area contributed by atoms with Gasteiger partial charge in [0.2, 0.25) is 0 Å². The molecule has 1 atom stereocenters. The Labute approximate surface area is 139 Å². The largest absolute Gasteiger partial charge is 0.376 e. The van der Waals surface area contributed by atoms with Gasteiger partial charge in [0.15, 0.2) is 0 Å². The molecule has 2 heterocycles. The normalized spacial score (nSPS) is 18.3. The number of aromatic nitrogens is 2. The summed E-state index contributed by atoms with van der Waals surface area (Å²) in [6.07, 6.45) is 4.24. The monoisotopic (exact) mass is 322 g/mol. The molecular formula is C17H30N4O2. The first kappa shape index (κ1) is 17.8. The average Bonchev–Trinajstić information content (AvgIpc) is 2.81. The van der Waals surface area contributed by atoms with E-state index in [1.54, 1.807) is 0 Å². The minimum atomic E-state index is -0.0444. The van der Waals surface area contributed by atoms with Gasteiger partial charge in [-0.15, -0.1) is 0 Å². The van der Waals surface area contributed by atoms with Crippen molar-refractivity contribution in [3.05, 3.63) is 11.4 Å². The van der Waals surface area contributed by atoms with Crippen LogP contribution < -0.4 is 5.32 Å². The molecule has 1 unspecified atom stereocenters. The topological polar surface area (TPSA) is 59.4 Å². The first-order valence-electron chi connectivity index (χ1n) is 8.78. The van der Waals surface area contributed by atoms with Gasteiger partial charge < -0.3 is 15.0 Å². The lowest BCUT2D eigenvalue weighted by Crippen LogP contribution is -2.45. The number of carbonyl (C=O) groups is 1. The van der Waals surface area contributed by atoms with Crippen LogP contribution in [0.5, 0.6) is 0 Å². The van der Waals surface area contributed by atoms with Crippen LogP contribution in [0.2, 0.25) is 0 Å². The zero-order valence-corrected chi connectivity index (χ0v) is 14.9. The maximum absolute atomic E-state index is 12.6.